The highest BCUT2D eigenvalue weighted by Gasteiger charge is 2.22. The van der Waals surface area contributed by atoms with Crippen molar-refractivity contribution in [2.75, 3.05) is 3.93 Å². The van der Waals surface area contributed by atoms with Gasteiger partial charge >= 0.3 is 0 Å². The zero-order chi connectivity index (χ0) is 8.84. The molecule has 0 unspecified atom stereocenters. The molecule has 0 fully saturated rings. The molecule has 0 saturated carbocycles. The smallest absolute Gasteiger partial charge is 0.124 e. The molecule has 0 saturated heterocycles. The lowest BCUT2D eigenvalue weighted by atomic mass is 10.1. The Morgan fingerprint density at radius 3 is 3.00 bits per heavy atom. The molecule has 1 aliphatic heterocycles. The number of nitrogens with zero attached hydrogens (tertiary/aromatic N) is 1. The molecular weight excluding hydrogens is 230 g/mol. The molecule has 3 heterocycles. The molecule has 2 aromatic rings. The van der Waals surface area contributed by atoms with E-state index in [9.17, 15) is 0 Å². The molecule has 0 atom stereocenters. The van der Waals surface area contributed by atoms with Gasteiger partial charge in [-0.2, -0.15) is 0 Å². The average molecular weight is 238 g/mol. The van der Waals surface area contributed by atoms with Gasteiger partial charge in [-0.3, -0.25) is 3.93 Å². The van der Waals surface area contributed by atoms with Crippen LogP contribution in [0, 0.1) is 0 Å². The van der Waals surface area contributed by atoms with Crippen molar-refractivity contribution in [3.63, 3.8) is 0 Å². The molecule has 66 valence electrons. The van der Waals surface area contributed by atoms with E-state index in [0.717, 1.165) is 12.2 Å². The minimum atomic E-state index is 0.975. The first-order chi connectivity index (χ1) is 6.36. The summed E-state index contributed by atoms with van der Waals surface area (Å²) in [5.74, 6) is 1.13. The van der Waals surface area contributed by atoms with Crippen LogP contribution < -0.4 is 3.93 Å². The minimum absolute atomic E-state index is 0.975. The van der Waals surface area contributed by atoms with E-state index in [2.05, 4.69) is 38.2 Å². The van der Waals surface area contributed by atoms with Crippen molar-refractivity contribution >= 4 is 27.7 Å². The highest BCUT2D eigenvalue weighted by Crippen LogP contribution is 2.38. The molecule has 0 bridgehead atoms. The van der Waals surface area contributed by atoms with E-state index < -0.39 is 0 Å². The van der Waals surface area contributed by atoms with Crippen LogP contribution in [0.3, 0.4) is 0 Å². The first kappa shape index (κ1) is 7.26. The zero-order valence-corrected chi connectivity index (χ0v) is 8.43. The Morgan fingerprint density at radius 1 is 1.23 bits per heavy atom. The number of fused-ring (bicyclic) bond motifs is 2. The maximum Gasteiger partial charge on any atom is 0.124 e. The third kappa shape index (κ3) is 0.891. The van der Waals surface area contributed by atoms with Crippen molar-refractivity contribution < 1.29 is 0 Å². The molecule has 1 aliphatic rings. The van der Waals surface area contributed by atoms with E-state index in [4.69, 9.17) is 0 Å². The van der Waals surface area contributed by atoms with Crippen LogP contribution in [0.5, 0.6) is 0 Å². The molecule has 0 aromatic carbocycles. The average Bonchev–Trinajstić information content (AvgIpc) is 2.71. The number of aromatic nitrogens is 2. The van der Waals surface area contributed by atoms with Crippen LogP contribution in [-0.2, 0) is 6.42 Å². The number of H-pyrrole nitrogens is 2. The van der Waals surface area contributed by atoms with Crippen molar-refractivity contribution in [3.8, 4) is 0 Å². The molecule has 3 rings (SSSR count). The summed E-state index contributed by atoms with van der Waals surface area (Å²) in [5.41, 5.74) is 3.76. The van der Waals surface area contributed by atoms with E-state index in [1.54, 1.807) is 0 Å². The number of nitrogens with one attached hydrogen (secondary N) is 2. The van der Waals surface area contributed by atoms with E-state index in [1.165, 1.54) is 16.9 Å². The summed E-state index contributed by atoms with van der Waals surface area (Å²) in [5, 5.41) is 0. The standard InChI is InChI=1S/C9H8BrN3/c10-13-8-2-4-11-7(8)5-6-1-3-12-9(6)13/h1-4,11-12H,5H2. The van der Waals surface area contributed by atoms with E-state index in [-0.39, 0.29) is 0 Å². The molecule has 0 radical (unpaired) electrons. The number of aromatic amines is 2. The van der Waals surface area contributed by atoms with Crippen molar-refractivity contribution in [1.29, 1.82) is 0 Å². The number of hydrogen-bond acceptors (Lipinski definition) is 1. The lowest BCUT2D eigenvalue weighted by Gasteiger charge is -2.21. The van der Waals surface area contributed by atoms with Crippen LogP contribution in [0.25, 0.3) is 0 Å². The van der Waals surface area contributed by atoms with Gasteiger partial charge in [0.05, 0.1) is 21.8 Å². The van der Waals surface area contributed by atoms with Crippen molar-refractivity contribution in [1.82, 2.24) is 9.97 Å². The number of hydrogen-bond donors (Lipinski definition) is 2. The van der Waals surface area contributed by atoms with Crippen molar-refractivity contribution in [2.24, 2.45) is 0 Å². The number of anilines is 2. The second-order valence-corrected chi connectivity index (χ2v) is 3.86. The van der Waals surface area contributed by atoms with E-state index in [0.29, 0.717) is 0 Å². The fourth-order valence-electron chi connectivity index (χ4n) is 1.75. The Bertz CT molecular complexity index is 403. The summed E-state index contributed by atoms with van der Waals surface area (Å²) in [7, 11) is 0. The summed E-state index contributed by atoms with van der Waals surface area (Å²) >= 11 is 3.53. The van der Waals surface area contributed by atoms with Gasteiger partial charge in [0, 0.05) is 30.1 Å². The van der Waals surface area contributed by atoms with Crippen LogP contribution in [-0.4, -0.2) is 9.97 Å². The van der Waals surface area contributed by atoms with E-state index in [1.807, 2.05) is 16.3 Å². The van der Waals surface area contributed by atoms with Crippen molar-refractivity contribution in [2.45, 2.75) is 6.42 Å². The molecule has 13 heavy (non-hydrogen) atoms. The summed E-state index contributed by atoms with van der Waals surface area (Å²) in [4.78, 5) is 6.44. The summed E-state index contributed by atoms with van der Waals surface area (Å²) in [6.07, 6.45) is 4.90. The Balaban J connectivity index is 2.21. The van der Waals surface area contributed by atoms with Gasteiger partial charge < -0.3 is 9.97 Å². The van der Waals surface area contributed by atoms with Gasteiger partial charge in [-0.05, 0) is 12.1 Å². The summed E-state index contributed by atoms with van der Waals surface area (Å²) < 4.78 is 2.00. The van der Waals surface area contributed by atoms with Crippen molar-refractivity contribution in [3.05, 3.63) is 35.8 Å². The lowest BCUT2D eigenvalue weighted by molar-refractivity contribution is 1.07. The van der Waals surface area contributed by atoms with Crippen LogP contribution in [0.15, 0.2) is 24.5 Å². The fourth-order valence-corrected chi connectivity index (χ4v) is 2.41. The van der Waals surface area contributed by atoms with Crippen LogP contribution >= 0.6 is 16.1 Å². The minimum Gasteiger partial charge on any atom is -0.363 e. The quantitative estimate of drug-likeness (QED) is 0.680. The topological polar surface area (TPSA) is 34.8 Å². The number of rotatable bonds is 0. The highest BCUT2D eigenvalue weighted by molar-refractivity contribution is 9.10. The maximum atomic E-state index is 3.53. The van der Waals surface area contributed by atoms with E-state index >= 15 is 0 Å². The van der Waals surface area contributed by atoms with Gasteiger partial charge in [0.1, 0.15) is 5.82 Å². The van der Waals surface area contributed by atoms with Gasteiger partial charge in [0.15, 0.2) is 0 Å². The summed E-state index contributed by atoms with van der Waals surface area (Å²) in [6, 6.07) is 4.17. The zero-order valence-electron chi connectivity index (χ0n) is 6.84. The Hall–Kier alpha value is -1.16. The molecular formula is C9H8BrN3. The molecule has 0 amide bonds. The predicted molar refractivity (Wildman–Crippen MR) is 55.5 cm³/mol. The molecule has 2 N–H and O–H groups in total. The third-order valence-electron chi connectivity index (χ3n) is 2.39. The van der Waals surface area contributed by atoms with Gasteiger partial charge in [-0.1, -0.05) is 0 Å². The van der Waals surface area contributed by atoms with Gasteiger partial charge in [0.25, 0.3) is 0 Å². The Kier molecular flexibility index (Phi) is 1.35. The van der Waals surface area contributed by atoms with Gasteiger partial charge in [-0.25, -0.2) is 0 Å². The molecule has 2 aromatic heterocycles. The molecule has 0 aliphatic carbocycles. The van der Waals surface area contributed by atoms with Crippen LogP contribution in [0.2, 0.25) is 0 Å². The monoisotopic (exact) mass is 237 g/mol. The third-order valence-corrected chi connectivity index (χ3v) is 3.13. The first-order valence-corrected chi connectivity index (χ1v) is 4.85. The molecule has 3 nitrogen and oxygen atoms in total. The van der Waals surface area contributed by atoms with Crippen LogP contribution in [0.4, 0.5) is 11.5 Å². The first-order valence-electron chi connectivity index (χ1n) is 4.14. The van der Waals surface area contributed by atoms with Gasteiger partial charge in [-0.15, -0.1) is 0 Å². The maximum absolute atomic E-state index is 3.53. The Labute approximate surface area is 84.1 Å². The van der Waals surface area contributed by atoms with Crippen LogP contribution in [0.1, 0.15) is 11.3 Å². The molecule has 0 spiro atoms. The predicted octanol–water partition coefficient (Wildman–Crippen LogP) is 2.70. The normalized spacial score (nSPS) is 14.1. The summed E-state index contributed by atoms with van der Waals surface area (Å²) in [6.45, 7) is 0. The second kappa shape index (κ2) is 2.42. The Morgan fingerprint density at radius 2 is 2.08 bits per heavy atom. The fraction of sp³-hybridized carbons (Fsp3) is 0.111. The SMILES string of the molecule is BrN1c2cc[nH]c2Cc2cc[nH]c21. The highest BCUT2D eigenvalue weighted by atomic mass is 79.9. The van der Waals surface area contributed by atoms with Gasteiger partial charge in [0.2, 0.25) is 0 Å². The largest absolute Gasteiger partial charge is 0.363 e. The second-order valence-electron chi connectivity index (χ2n) is 3.15. The lowest BCUT2D eigenvalue weighted by Crippen LogP contribution is -2.10. The number of halogens is 1. The molecule has 4 heteroatoms.